The van der Waals surface area contributed by atoms with Gasteiger partial charge in [-0.3, -0.25) is 4.79 Å². The van der Waals surface area contributed by atoms with Gasteiger partial charge in [0.15, 0.2) is 5.60 Å². The molecule has 6 heteroatoms. The second kappa shape index (κ2) is 6.49. The molecule has 1 atom stereocenters. The minimum absolute atomic E-state index is 0.0639. The molecule has 1 aromatic rings. The van der Waals surface area contributed by atoms with Gasteiger partial charge in [-0.2, -0.15) is 0 Å². The van der Waals surface area contributed by atoms with Crippen molar-refractivity contribution in [3.63, 3.8) is 0 Å². The lowest BCUT2D eigenvalue weighted by Gasteiger charge is -2.25. The number of hydrogen-bond acceptors (Lipinski definition) is 4. The molecule has 1 unspecified atom stereocenters. The lowest BCUT2D eigenvalue weighted by Crippen LogP contribution is -2.48. The molecule has 0 saturated heterocycles. The van der Waals surface area contributed by atoms with Crippen LogP contribution < -0.4 is 10.1 Å². The number of hydrogen-bond donors (Lipinski definition) is 3. The van der Waals surface area contributed by atoms with Crippen LogP contribution in [0, 0.1) is 5.82 Å². The number of nitrogens with one attached hydrogen (secondary N) is 1. The smallest absolute Gasteiger partial charge is 0.263 e. The zero-order valence-corrected chi connectivity index (χ0v) is 10.9. The van der Waals surface area contributed by atoms with Crippen LogP contribution in [0.3, 0.4) is 0 Å². The van der Waals surface area contributed by atoms with Gasteiger partial charge in [-0.1, -0.05) is 0 Å². The summed E-state index contributed by atoms with van der Waals surface area (Å²) in [6.45, 7) is 2.61. The number of carbonyl (C=O) groups excluding carboxylic acids is 1. The summed E-state index contributed by atoms with van der Waals surface area (Å²) in [5, 5.41) is 20.2. The normalized spacial score (nSPS) is 12.9. The van der Waals surface area contributed by atoms with Crippen molar-refractivity contribution in [1.82, 2.24) is 5.32 Å². The molecule has 0 aliphatic carbocycles. The monoisotopic (exact) mass is 271 g/mol. The number of benzene rings is 1. The Morgan fingerprint density at radius 3 is 2.53 bits per heavy atom. The van der Waals surface area contributed by atoms with E-state index in [0.29, 0.717) is 5.75 Å². The first-order chi connectivity index (χ1) is 8.85. The number of carbonyl (C=O) groups is 1. The van der Waals surface area contributed by atoms with E-state index in [-0.39, 0.29) is 12.4 Å². The van der Waals surface area contributed by atoms with Crippen molar-refractivity contribution in [2.45, 2.75) is 25.6 Å². The highest BCUT2D eigenvalue weighted by molar-refractivity contribution is 5.84. The summed E-state index contributed by atoms with van der Waals surface area (Å²) in [6.07, 6.45) is -1.01. The molecular formula is C13H18FNO4. The summed E-state index contributed by atoms with van der Waals surface area (Å²) in [4.78, 5) is 11.9. The zero-order chi connectivity index (χ0) is 14.5. The molecule has 5 nitrogen and oxygen atoms in total. The molecule has 0 aliphatic rings. The fourth-order valence-electron chi connectivity index (χ4n) is 1.33. The van der Waals surface area contributed by atoms with Crippen LogP contribution in [0.15, 0.2) is 24.3 Å². The number of ether oxygens (including phenoxy) is 1. The van der Waals surface area contributed by atoms with E-state index in [1.165, 1.54) is 24.3 Å². The summed E-state index contributed by atoms with van der Waals surface area (Å²) in [5.74, 6) is -0.464. The van der Waals surface area contributed by atoms with Crippen LogP contribution in [0.25, 0.3) is 0 Å². The Hall–Kier alpha value is -1.66. The molecule has 3 N–H and O–H groups in total. The van der Waals surface area contributed by atoms with Crippen LogP contribution in [0.1, 0.15) is 13.8 Å². The fraction of sp³-hybridized carbons (Fsp3) is 0.462. The Kier molecular flexibility index (Phi) is 5.26. The minimum Gasteiger partial charge on any atom is -0.478 e. The maximum atomic E-state index is 12.7. The van der Waals surface area contributed by atoms with Gasteiger partial charge in [0.25, 0.3) is 5.91 Å². The quantitative estimate of drug-likeness (QED) is 0.702. The van der Waals surface area contributed by atoms with Crippen molar-refractivity contribution >= 4 is 5.91 Å². The maximum absolute atomic E-state index is 12.7. The van der Waals surface area contributed by atoms with Crippen molar-refractivity contribution < 1.29 is 24.1 Å². The van der Waals surface area contributed by atoms with Gasteiger partial charge >= 0.3 is 0 Å². The van der Waals surface area contributed by atoms with Crippen LogP contribution in [0.4, 0.5) is 4.39 Å². The summed E-state index contributed by atoms with van der Waals surface area (Å²) < 4.78 is 18.2. The molecule has 1 rings (SSSR count). The van der Waals surface area contributed by atoms with Gasteiger partial charge in [0.1, 0.15) is 11.6 Å². The van der Waals surface area contributed by atoms with Gasteiger partial charge in [-0.05, 0) is 38.1 Å². The van der Waals surface area contributed by atoms with E-state index in [0.717, 1.165) is 0 Å². The molecule has 1 amide bonds. The van der Waals surface area contributed by atoms with Gasteiger partial charge in [0.05, 0.1) is 12.7 Å². The van der Waals surface area contributed by atoms with Gasteiger partial charge in [-0.15, -0.1) is 0 Å². The second-order valence-electron chi connectivity index (χ2n) is 4.61. The summed E-state index contributed by atoms with van der Waals surface area (Å²) >= 11 is 0. The minimum atomic E-state index is -1.17. The van der Waals surface area contributed by atoms with Crippen molar-refractivity contribution in [3.05, 3.63) is 30.1 Å². The summed E-state index contributed by atoms with van der Waals surface area (Å²) in [7, 11) is 0. The Bertz CT molecular complexity index is 419. The lowest BCUT2D eigenvalue weighted by molar-refractivity contribution is -0.134. The second-order valence-corrected chi connectivity index (χ2v) is 4.61. The van der Waals surface area contributed by atoms with Crippen LogP contribution in [0.2, 0.25) is 0 Å². The molecule has 0 aliphatic heterocycles. The third-order valence-corrected chi connectivity index (χ3v) is 2.44. The van der Waals surface area contributed by atoms with Crippen LogP contribution in [-0.4, -0.2) is 41.0 Å². The van der Waals surface area contributed by atoms with Gasteiger partial charge < -0.3 is 20.3 Å². The molecule has 106 valence electrons. The SMILES string of the molecule is CC(C)(Oc1ccc(F)cc1)C(=O)NCC(O)CO. The number of halogens is 1. The Balaban J connectivity index is 2.59. The number of rotatable bonds is 6. The maximum Gasteiger partial charge on any atom is 0.263 e. The molecular weight excluding hydrogens is 253 g/mol. The van der Waals surface area contributed by atoms with Gasteiger partial charge in [0.2, 0.25) is 0 Å². The predicted octanol–water partition coefficient (Wildman–Crippen LogP) is 0.452. The van der Waals surface area contributed by atoms with E-state index in [1.54, 1.807) is 13.8 Å². The van der Waals surface area contributed by atoms with E-state index < -0.39 is 24.2 Å². The molecule has 1 aromatic carbocycles. The lowest BCUT2D eigenvalue weighted by atomic mass is 10.1. The van der Waals surface area contributed by atoms with Crippen molar-refractivity contribution in [2.24, 2.45) is 0 Å². The van der Waals surface area contributed by atoms with Crippen LogP contribution >= 0.6 is 0 Å². The number of aliphatic hydroxyl groups is 2. The number of amides is 1. The highest BCUT2D eigenvalue weighted by Crippen LogP contribution is 2.18. The average molecular weight is 271 g/mol. The molecule has 19 heavy (non-hydrogen) atoms. The Morgan fingerprint density at radius 2 is 2.00 bits per heavy atom. The average Bonchev–Trinajstić information content (AvgIpc) is 2.37. The molecule has 0 aromatic heterocycles. The molecule has 0 bridgehead atoms. The molecule has 0 fully saturated rings. The van der Waals surface area contributed by atoms with E-state index in [1.807, 2.05) is 0 Å². The largest absolute Gasteiger partial charge is 0.478 e. The topological polar surface area (TPSA) is 78.8 Å². The molecule has 0 spiro atoms. The van der Waals surface area contributed by atoms with Gasteiger partial charge in [0, 0.05) is 6.54 Å². The van der Waals surface area contributed by atoms with Crippen molar-refractivity contribution in [3.8, 4) is 5.75 Å². The first kappa shape index (κ1) is 15.4. The Morgan fingerprint density at radius 1 is 1.42 bits per heavy atom. The summed E-state index contributed by atoms with van der Waals surface area (Å²) in [5.41, 5.74) is -1.17. The molecule has 0 radical (unpaired) electrons. The van der Waals surface area contributed by atoms with E-state index in [4.69, 9.17) is 14.9 Å². The third-order valence-electron chi connectivity index (χ3n) is 2.44. The van der Waals surface area contributed by atoms with E-state index in [9.17, 15) is 9.18 Å². The van der Waals surface area contributed by atoms with E-state index in [2.05, 4.69) is 5.32 Å². The van der Waals surface area contributed by atoms with E-state index >= 15 is 0 Å². The fourth-order valence-corrected chi connectivity index (χ4v) is 1.33. The first-order valence-electron chi connectivity index (χ1n) is 5.87. The highest BCUT2D eigenvalue weighted by Gasteiger charge is 2.30. The van der Waals surface area contributed by atoms with Crippen molar-refractivity contribution in [1.29, 1.82) is 0 Å². The molecule has 0 heterocycles. The number of aliphatic hydroxyl groups excluding tert-OH is 2. The predicted molar refractivity (Wildman–Crippen MR) is 67.2 cm³/mol. The first-order valence-corrected chi connectivity index (χ1v) is 5.87. The Labute approximate surface area is 111 Å². The van der Waals surface area contributed by atoms with Crippen LogP contribution in [-0.2, 0) is 4.79 Å². The third kappa shape index (κ3) is 4.84. The summed E-state index contributed by atoms with van der Waals surface area (Å²) in [6, 6.07) is 5.32. The standard InChI is InChI=1S/C13H18FNO4/c1-13(2,12(18)15-7-10(17)8-16)19-11-5-3-9(14)4-6-11/h3-6,10,16-17H,7-8H2,1-2H3,(H,15,18). The molecule has 0 saturated carbocycles. The zero-order valence-electron chi connectivity index (χ0n) is 10.9. The van der Waals surface area contributed by atoms with Crippen molar-refractivity contribution in [2.75, 3.05) is 13.2 Å². The van der Waals surface area contributed by atoms with Gasteiger partial charge in [-0.25, -0.2) is 4.39 Å². The highest BCUT2D eigenvalue weighted by atomic mass is 19.1. The van der Waals surface area contributed by atoms with Crippen LogP contribution in [0.5, 0.6) is 5.75 Å².